The molecule has 3 aromatic carbocycles. The van der Waals surface area contributed by atoms with E-state index in [1.165, 1.54) is 0 Å². The smallest absolute Gasteiger partial charge is 0.872 e. The van der Waals surface area contributed by atoms with E-state index in [9.17, 15) is 10.2 Å². The second-order valence-electron chi connectivity index (χ2n) is 5.54. The van der Waals surface area contributed by atoms with Crippen molar-refractivity contribution in [2.45, 2.75) is 12.3 Å². The number of rotatable bonds is 3. The fraction of sp³-hybridized carbons (Fsp3) is 0.100. The van der Waals surface area contributed by atoms with Crippen LogP contribution in [0.2, 0.25) is 0 Å². The Balaban J connectivity index is 0.00000144. The normalized spacial score (nSPS) is 10.4. The summed E-state index contributed by atoms with van der Waals surface area (Å²) >= 11 is 0. The van der Waals surface area contributed by atoms with Crippen molar-refractivity contribution in [3.63, 3.8) is 0 Å². The minimum atomic E-state index is -0.414. The molecule has 2 nitrogen and oxygen atoms in total. The zero-order valence-corrected chi connectivity index (χ0v) is 18.3. The second-order valence-corrected chi connectivity index (χ2v) is 5.54. The minimum absolute atomic E-state index is 0. The predicted molar refractivity (Wildman–Crippen MR) is 83.8 cm³/mol. The molecule has 110 valence electrons. The molecule has 0 radical (unpaired) electrons. The molecule has 0 bridgehead atoms. The Bertz CT molecular complexity index is 708. The number of benzene rings is 3. The molecule has 0 aliphatic carbocycles. The molecule has 0 fully saturated rings. The van der Waals surface area contributed by atoms with Crippen molar-refractivity contribution in [2.75, 3.05) is 0 Å². The van der Waals surface area contributed by atoms with Gasteiger partial charge in [0.05, 0.1) is 0 Å². The van der Waals surface area contributed by atoms with Crippen molar-refractivity contribution in [3.05, 3.63) is 95.6 Å². The third-order valence-electron chi connectivity index (χ3n) is 4.21. The maximum Gasteiger partial charge on any atom is 1.00 e. The van der Waals surface area contributed by atoms with Gasteiger partial charge in [0.25, 0.3) is 0 Å². The standard InChI is InChI=1S/C20H18O2.2Na/c1-20(15-5-3-2-4-6-15,16-7-11-18(21)12-8-16)17-9-13-19(22)14-10-17;;/h2-14,21-22H,1H3;;/q;2*+1/p-2. The van der Waals surface area contributed by atoms with E-state index in [2.05, 4.69) is 19.1 Å². The van der Waals surface area contributed by atoms with Crippen LogP contribution in [0.4, 0.5) is 0 Å². The van der Waals surface area contributed by atoms with Gasteiger partial charge in [0.1, 0.15) is 0 Å². The maximum atomic E-state index is 11.4. The predicted octanol–water partition coefficient (Wildman–Crippen LogP) is -2.80. The molecule has 0 saturated heterocycles. The molecular weight excluding hydrogens is 318 g/mol. The summed E-state index contributed by atoms with van der Waals surface area (Å²) in [7, 11) is 0. The first-order valence-corrected chi connectivity index (χ1v) is 7.21. The SMILES string of the molecule is CC(c1ccccc1)(c1ccc([O-])cc1)c1ccc([O-])cc1.[Na+].[Na+]. The first-order valence-electron chi connectivity index (χ1n) is 7.21. The van der Waals surface area contributed by atoms with Crippen LogP contribution in [0.15, 0.2) is 78.9 Å². The van der Waals surface area contributed by atoms with Gasteiger partial charge < -0.3 is 10.2 Å². The van der Waals surface area contributed by atoms with Crippen molar-refractivity contribution in [1.29, 1.82) is 0 Å². The Morgan fingerprint density at radius 3 is 1.25 bits per heavy atom. The Hall–Kier alpha value is -0.740. The molecule has 4 heteroatoms. The third kappa shape index (κ3) is 4.26. The van der Waals surface area contributed by atoms with Crippen molar-refractivity contribution < 1.29 is 69.3 Å². The average Bonchev–Trinajstić information content (AvgIpc) is 2.56. The molecule has 0 amide bonds. The summed E-state index contributed by atoms with van der Waals surface area (Å²) in [5, 5.41) is 22.8. The monoisotopic (exact) mass is 334 g/mol. The summed E-state index contributed by atoms with van der Waals surface area (Å²) in [6.07, 6.45) is 0. The van der Waals surface area contributed by atoms with E-state index < -0.39 is 5.41 Å². The molecule has 0 aliphatic rings. The Morgan fingerprint density at radius 1 is 0.542 bits per heavy atom. The van der Waals surface area contributed by atoms with E-state index in [0.717, 1.165) is 16.7 Å². The van der Waals surface area contributed by atoms with E-state index in [1.54, 1.807) is 24.3 Å². The van der Waals surface area contributed by atoms with Gasteiger partial charge in [-0.15, -0.1) is 11.5 Å². The van der Waals surface area contributed by atoms with Crippen LogP contribution in [-0.2, 0) is 5.41 Å². The van der Waals surface area contributed by atoms with Gasteiger partial charge in [0, 0.05) is 5.41 Å². The summed E-state index contributed by atoms with van der Waals surface area (Å²) in [4.78, 5) is 0. The molecule has 0 atom stereocenters. The molecule has 3 aromatic rings. The summed E-state index contributed by atoms with van der Waals surface area (Å²) in [5.41, 5.74) is 2.75. The summed E-state index contributed by atoms with van der Waals surface area (Å²) < 4.78 is 0. The topological polar surface area (TPSA) is 46.1 Å². The van der Waals surface area contributed by atoms with Crippen LogP contribution in [0.3, 0.4) is 0 Å². The molecule has 0 aliphatic heterocycles. The molecule has 0 heterocycles. The van der Waals surface area contributed by atoms with E-state index in [0.29, 0.717) is 0 Å². The van der Waals surface area contributed by atoms with Gasteiger partial charge in [-0.3, -0.25) is 0 Å². The van der Waals surface area contributed by atoms with Crippen molar-refractivity contribution in [1.82, 2.24) is 0 Å². The van der Waals surface area contributed by atoms with Crippen molar-refractivity contribution in [2.24, 2.45) is 0 Å². The van der Waals surface area contributed by atoms with Gasteiger partial charge in [-0.05, 0) is 23.6 Å². The Labute approximate surface area is 187 Å². The fourth-order valence-corrected chi connectivity index (χ4v) is 2.85. The molecule has 24 heavy (non-hydrogen) atoms. The minimum Gasteiger partial charge on any atom is -0.872 e. The van der Waals surface area contributed by atoms with Crippen LogP contribution in [0.1, 0.15) is 23.6 Å². The zero-order chi connectivity index (χ0) is 15.6. The molecular formula is C20H16Na2O2. The van der Waals surface area contributed by atoms with E-state index in [-0.39, 0.29) is 70.6 Å². The van der Waals surface area contributed by atoms with Crippen LogP contribution >= 0.6 is 0 Å². The summed E-state index contributed by atoms with van der Waals surface area (Å²) in [6.45, 7) is 2.11. The van der Waals surface area contributed by atoms with Crippen molar-refractivity contribution >= 4 is 0 Å². The Kier molecular flexibility index (Phi) is 8.07. The molecule has 0 N–H and O–H groups in total. The first kappa shape index (κ1) is 21.3. The number of hydrogen-bond acceptors (Lipinski definition) is 2. The van der Waals surface area contributed by atoms with Crippen LogP contribution in [0.5, 0.6) is 11.5 Å². The van der Waals surface area contributed by atoms with Gasteiger partial charge in [-0.2, -0.15) is 0 Å². The van der Waals surface area contributed by atoms with Crippen LogP contribution in [0.25, 0.3) is 0 Å². The quantitative estimate of drug-likeness (QED) is 0.384. The fourth-order valence-electron chi connectivity index (χ4n) is 2.85. The van der Waals surface area contributed by atoms with Gasteiger partial charge >= 0.3 is 59.1 Å². The van der Waals surface area contributed by atoms with E-state index >= 15 is 0 Å². The Morgan fingerprint density at radius 2 is 0.875 bits per heavy atom. The van der Waals surface area contributed by atoms with Crippen molar-refractivity contribution in [3.8, 4) is 11.5 Å². The van der Waals surface area contributed by atoms with Gasteiger partial charge in [-0.25, -0.2) is 0 Å². The molecule has 0 spiro atoms. The van der Waals surface area contributed by atoms with Gasteiger partial charge in [0.2, 0.25) is 0 Å². The first-order chi connectivity index (χ1) is 10.6. The van der Waals surface area contributed by atoms with Crippen LogP contribution < -0.4 is 69.3 Å². The zero-order valence-electron chi connectivity index (χ0n) is 14.3. The summed E-state index contributed by atoms with van der Waals surface area (Å²) in [5.74, 6) is -0.0110. The second kappa shape index (κ2) is 9.10. The number of hydrogen-bond donors (Lipinski definition) is 0. The molecule has 0 aromatic heterocycles. The van der Waals surface area contributed by atoms with E-state index in [1.807, 2.05) is 42.5 Å². The molecule has 3 rings (SSSR count). The third-order valence-corrected chi connectivity index (χ3v) is 4.21. The van der Waals surface area contributed by atoms with Crippen LogP contribution in [0, 0.1) is 0 Å². The van der Waals surface area contributed by atoms with Crippen LogP contribution in [-0.4, -0.2) is 0 Å². The average molecular weight is 334 g/mol. The molecule has 0 unspecified atom stereocenters. The van der Waals surface area contributed by atoms with Gasteiger partial charge in [0.15, 0.2) is 0 Å². The maximum absolute atomic E-state index is 11.4. The summed E-state index contributed by atoms with van der Waals surface area (Å²) in [6, 6.07) is 23.9. The molecule has 0 saturated carbocycles. The largest absolute Gasteiger partial charge is 1.00 e. The van der Waals surface area contributed by atoms with Gasteiger partial charge in [-0.1, -0.05) is 78.9 Å². The van der Waals surface area contributed by atoms with E-state index in [4.69, 9.17) is 0 Å².